The van der Waals surface area contributed by atoms with Crippen molar-refractivity contribution in [3.8, 4) is 11.1 Å². The van der Waals surface area contributed by atoms with Crippen molar-refractivity contribution in [2.45, 2.75) is 6.92 Å². The standard InChI is InChI=1S/C14H10F2O/c1-9-6-14(16)12(7-13(9)15)11-5-3-2-4-10(11)8-17/h2-8H,1H3. The van der Waals surface area contributed by atoms with Crippen molar-refractivity contribution < 1.29 is 13.6 Å². The summed E-state index contributed by atoms with van der Waals surface area (Å²) in [6.45, 7) is 1.49. The molecule has 0 bridgehead atoms. The highest BCUT2D eigenvalue weighted by Crippen LogP contribution is 2.27. The molecule has 0 unspecified atom stereocenters. The third-order valence-electron chi connectivity index (χ3n) is 2.63. The van der Waals surface area contributed by atoms with Gasteiger partial charge in [-0.1, -0.05) is 24.3 Å². The summed E-state index contributed by atoms with van der Waals surface area (Å²) >= 11 is 0. The van der Waals surface area contributed by atoms with E-state index in [1.807, 2.05) is 0 Å². The molecule has 1 nitrogen and oxygen atoms in total. The molecule has 0 saturated carbocycles. The minimum absolute atomic E-state index is 0.107. The van der Waals surface area contributed by atoms with Gasteiger partial charge in [0.1, 0.15) is 11.6 Å². The lowest BCUT2D eigenvalue weighted by molar-refractivity contribution is 0.112. The monoisotopic (exact) mass is 232 g/mol. The Kier molecular flexibility index (Phi) is 3.00. The van der Waals surface area contributed by atoms with Crippen molar-refractivity contribution in [2.24, 2.45) is 0 Å². The fraction of sp³-hybridized carbons (Fsp3) is 0.0714. The lowest BCUT2D eigenvalue weighted by Gasteiger charge is -2.07. The van der Waals surface area contributed by atoms with Crippen molar-refractivity contribution in [1.29, 1.82) is 0 Å². The first-order chi connectivity index (χ1) is 8.13. The Morgan fingerprint density at radius 2 is 1.71 bits per heavy atom. The Morgan fingerprint density at radius 1 is 1.00 bits per heavy atom. The number of aryl methyl sites for hydroxylation is 1. The molecule has 0 radical (unpaired) electrons. The SMILES string of the molecule is Cc1cc(F)c(-c2ccccc2C=O)cc1F. The molecule has 17 heavy (non-hydrogen) atoms. The highest BCUT2D eigenvalue weighted by Gasteiger charge is 2.11. The van der Waals surface area contributed by atoms with E-state index < -0.39 is 11.6 Å². The molecule has 0 aromatic heterocycles. The second-order valence-corrected chi connectivity index (χ2v) is 3.79. The van der Waals surface area contributed by atoms with Gasteiger partial charge < -0.3 is 0 Å². The van der Waals surface area contributed by atoms with Crippen molar-refractivity contribution >= 4 is 6.29 Å². The van der Waals surface area contributed by atoms with E-state index in [4.69, 9.17) is 0 Å². The highest BCUT2D eigenvalue weighted by atomic mass is 19.1. The van der Waals surface area contributed by atoms with E-state index in [1.165, 1.54) is 6.92 Å². The average molecular weight is 232 g/mol. The topological polar surface area (TPSA) is 17.1 Å². The number of carbonyl (C=O) groups excluding carboxylic acids is 1. The van der Waals surface area contributed by atoms with Crippen LogP contribution in [0.4, 0.5) is 8.78 Å². The Hall–Kier alpha value is -2.03. The quantitative estimate of drug-likeness (QED) is 0.720. The predicted octanol–water partition coefficient (Wildman–Crippen LogP) is 3.75. The third kappa shape index (κ3) is 2.09. The summed E-state index contributed by atoms with van der Waals surface area (Å²) in [7, 11) is 0. The van der Waals surface area contributed by atoms with E-state index >= 15 is 0 Å². The van der Waals surface area contributed by atoms with E-state index in [0.717, 1.165) is 12.1 Å². The van der Waals surface area contributed by atoms with E-state index in [1.54, 1.807) is 24.3 Å². The van der Waals surface area contributed by atoms with Crippen LogP contribution in [0, 0.1) is 18.6 Å². The summed E-state index contributed by atoms with van der Waals surface area (Å²) < 4.78 is 27.2. The zero-order valence-corrected chi connectivity index (χ0v) is 9.21. The Bertz CT molecular complexity index is 576. The Balaban J connectivity index is 2.68. The maximum absolute atomic E-state index is 13.7. The van der Waals surface area contributed by atoms with E-state index in [2.05, 4.69) is 0 Å². The van der Waals surface area contributed by atoms with Gasteiger partial charge in [0.2, 0.25) is 0 Å². The highest BCUT2D eigenvalue weighted by molar-refractivity contribution is 5.87. The molecule has 0 N–H and O–H groups in total. The van der Waals surface area contributed by atoms with Gasteiger partial charge in [-0.2, -0.15) is 0 Å². The molecule has 0 aliphatic carbocycles. The molecule has 0 atom stereocenters. The smallest absolute Gasteiger partial charge is 0.150 e. The van der Waals surface area contributed by atoms with Gasteiger partial charge in [-0.05, 0) is 30.2 Å². The number of hydrogen-bond donors (Lipinski definition) is 0. The summed E-state index contributed by atoms with van der Waals surface area (Å²) in [4.78, 5) is 10.8. The van der Waals surface area contributed by atoms with Crippen molar-refractivity contribution in [3.63, 3.8) is 0 Å². The first-order valence-electron chi connectivity index (χ1n) is 5.13. The van der Waals surface area contributed by atoms with Gasteiger partial charge in [-0.3, -0.25) is 4.79 Å². The second kappa shape index (κ2) is 4.45. The lowest BCUT2D eigenvalue weighted by Crippen LogP contribution is -1.93. The maximum Gasteiger partial charge on any atom is 0.150 e. The number of carbonyl (C=O) groups is 1. The Morgan fingerprint density at radius 3 is 2.41 bits per heavy atom. The van der Waals surface area contributed by atoms with Crippen LogP contribution in [0.25, 0.3) is 11.1 Å². The molecule has 0 heterocycles. The lowest BCUT2D eigenvalue weighted by atomic mass is 9.98. The number of benzene rings is 2. The van der Waals surface area contributed by atoms with Crippen LogP contribution in [0.3, 0.4) is 0 Å². The van der Waals surface area contributed by atoms with Gasteiger partial charge in [0, 0.05) is 11.1 Å². The van der Waals surface area contributed by atoms with Gasteiger partial charge in [0.05, 0.1) is 0 Å². The molecule has 3 heteroatoms. The molecule has 0 spiro atoms. The average Bonchev–Trinajstić information content (AvgIpc) is 2.34. The van der Waals surface area contributed by atoms with Crippen LogP contribution in [0.1, 0.15) is 15.9 Å². The van der Waals surface area contributed by atoms with Crippen LogP contribution in [0.5, 0.6) is 0 Å². The molecular formula is C14H10F2O. The third-order valence-corrected chi connectivity index (χ3v) is 2.63. The molecule has 0 amide bonds. The molecular weight excluding hydrogens is 222 g/mol. The van der Waals surface area contributed by atoms with Gasteiger partial charge in [0.15, 0.2) is 6.29 Å². The minimum Gasteiger partial charge on any atom is -0.298 e. The molecule has 86 valence electrons. The molecule has 2 aromatic carbocycles. The second-order valence-electron chi connectivity index (χ2n) is 3.79. The number of aldehydes is 1. The zero-order valence-electron chi connectivity index (χ0n) is 9.21. The summed E-state index contributed by atoms with van der Waals surface area (Å²) in [5.74, 6) is -1.01. The van der Waals surface area contributed by atoms with Gasteiger partial charge >= 0.3 is 0 Å². The van der Waals surface area contributed by atoms with Crippen LogP contribution in [-0.2, 0) is 0 Å². The Labute approximate surface area is 97.7 Å². The van der Waals surface area contributed by atoms with Crippen molar-refractivity contribution in [1.82, 2.24) is 0 Å². The molecule has 0 aliphatic heterocycles. The van der Waals surface area contributed by atoms with Gasteiger partial charge in [-0.25, -0.2) is 8.78 Å². The van der Waals surface area contributed by atoms with Crippen LogP contribution < -0.4 is 0 Å². The largest absolute Gasteiger partial charge is 0.298 e. The first-order valence-corrected chi connectivity index (χ1v) is 5.13. The van der Waals surface area contributed by atoms with E-state index in [0.29, 0.717) is 17.4 Å². The molecule has 2 rings (SSSR count). The summed E-state index contributed by atoms with van der Waals surface area (Å²) in [6.07, 6.45) is 0.631. The molecule has 0 saturated heterocycles. The molecule has 0 fully saturated rings. The summed E-state index contributed by atoms with van der Waals surface area (Å²) in [6, 6.07) is 8.77. The van der Waals surface area contributed by atoms with E-state index in [9.17, 15) is 13.6 Å². The molecule has 2 aromatic rings. The number of rotatable bonds is 2. The predicted molar refractivity (Wildman–Crippen MR) is 61.9 cm³/mol. The van der Waals surface area contributed by atoms with Crippen LogP contribution in [0.15, 0.2) is 36.4 Å². The zero-order chi connectivity index (χ0) is 12.4. The van der Waals surface area contributed by atoms with E-state index in [-0.39, 0.29) is 11.1 Å². The summed E-state index contributed by atoms with van der Waals surface area (Å²) in [5, 5.41) is 0. The minimum atomic E-state index is -0.529. The number of halogens is 2. The fourth-order valence-corrected chi connectivity index (χ4v) is 1.70. The maximum atomic E-state index is 13.7. The van der Waals surface area contributed by atoms with Crippen LogP contribution in [-0.4, -0.2) is 6.29 Å². The number of hydrogen-bond acceptors (Lipinski definition) is 1. The molecule has 0 aliphatic rings. The van der Waals surface area contributed by atoms with Gasteiger partial charge in [-0.15, -0.1) is 0 Å². The summed E-state index contributed by atoms with van der Waals surface area (Å²) in [5.41, 5.74) is 1.10. The van der Waals surface area contributed by atoms with Gasteiger partial charge in [0.25, 0.3) is 0 Å². The van der Waals surface area contributed by atoms with Crippen molar-refractivity contribution in [2.75, 3.05) is 0 Å². The normalized spacial score (nSPS) is 10.3. The van der Waals surface area contributed by atoms with Crippen LogP contribution >= 0.6 is 0 Å². The first kappa shape index (κ1) is 11.5. The fourth-order valence-electron chi connectivity index (χ4n) is 1.70. The van der Waals surface area contributed by atoms with Crippen LogP contribution in [0.2, 0.25) is 0 Å². The van der Waals surface area contributed by atoms with Crippen molar-refractivity contribution in [3.05, 3.63) is 59.2 Å².